The quantitative estimate of drug-likeness (QED) is 0.807. The molecule has 0 spiro atoms. The summed E-state index contributed by atoms with van der Waals surface area (Å²) in [4.78, 5) is 4.26. The molecule has 4 heteroatoms. The Morgan fingerprint density at radius 3 is 3.06 bits per heavy atom. The average Bonchev–Trinajstić information content (AvgIpc) is 2.74. The molecule has 84 valence electrons. The van der Waals surface area contributed by atoms with Crippen LogP contribution in [0.4, 0.5) is 0 Å². The second-order valence-corrected chi connectivity index (χ2v) is 4.62. The minimum atomic E-state index is 0.515. The Hall–Kier alpha value is -1.04. The molecule has 0 fully saturated rings. The van der Waals surface area contributed by atoms with Crippen molar-refractivity contribution in [3.63, 3.8) is 0 Å². The van der Waals surface area contributed by atoms with Gasteiger partial charge in [-0.15, -0.1) is 0 Å². The maximum absolute atomic E-state index is 5.69. The Balaban J connectivity index is 2.02. The van der Waals surface area contributed by atoms with Crippen molar-refractivity contribution in [1.29, 1.82) is 0 Å². The van der Waals surface area contributed by atoms with E-state index in [0.29, 0.717) is 6.61 Å². The monoisotopic (exact) mass is 328 g/mol. The van der Waals surface area contributed by atoms with Gasteiger partial charge in [0.1, 0.15) is 18.2 Å². The van der Waals surface area contributed by atoms with Gasteiger partial charge in [0.2, 0.25) is 0 Å². The first-order valence-corrected chi connectivity index (χ1v) is 6.26. The minimum Gasteiger partial charge on any atom is -0.486 e. The molecule has 0 aliphatic heterocycles. The van der Waals surface area contributed by atoms with Crippen LogP contribution in [0.2, 0.25) is 0 Å². The van der Waals surface area contributed by atoms with Crippen molar-refractivity contribution in [2.75, 3.05) is 0 Å². The molecule has 0 unspecified atom stereocenters. The van der Waals surface area contributed by atoms with Gasteiger partial charge in [0.05, 0.1) is 0 Å². The Kier molecular flexibility index (Phi) is 3.82. The zero-order valence-corrected chi connectivity index (χ0v) is 11.2. The maximum atomic E-state index is 5.69. The van der Waals surface area contributed by atoms with Gasteiger partial charge in [0, 0.05) is 22.5 Å². The first-order valence-electron chi connectivity index (χ1n) is 5.18. The average molecular weight is 328 g/mol. The van der Waals surface area contributed by atoms with Gasteiger partial charge < -0.3 is 9.30 Å². The molecule has 0 N–H and O–H groups in total. The fourth-order valence-corrected chi connectivity index (χ4v) is 1.99. The molecule has 2 aromatic rings. The molecule has 1 heterocycles. The number of ether oxygens (including phenoxy) is 1. The van der Waals surface area contributed by atoms with Crippen LogP contribution in [0.5, 0.6) is 5.75 Å². The Bertz CT molecular complexity index is 468. The molecule has 1 aromatic carbocycles. The predicted molar refractivity (Wildman–Crippen MR) is 71.4 cm³/mol. The summed E-state index contributed by atoms with van der Waals surface area (Å²) >= 11 is 2.27. The van der Waals surface area contributed by atoms with Gasteiger partial charge in [-0.05, 0) is 47.7 Å². The van der Waals surface area contributed by atoms with Crippen molar-refractivity contribution in [1.82, 2.24) is 9.55 Å². The molecule has 2 rings (SSSR count). The first kappa shape index (κ1) is 11.4. The standard InChI is InChI=1S/C12H13IN2O/c1-2-15-7-6-14-12(15)9-16-11-5-3-4-10(13)8-11/h3-8H,2,9H2,1H3. The summed E-state index contributed by atoms with van der Waals surface area (Å²) in [5, 5.41) is 0. The molecule has 0 saturated carbocycles. The van der Waals surface area contributed by atoms with E-state index in [-0.39, 0.29) is 0 Å². The minimum absolute atomic E-state index is 0.515. The van der Waals surface area contributed by atoms with Gasteiger partial charge in [0.15, 0.2) is 0 Å². The van der Waals surface area contributed by atoms with Crippen molar-refractivity contribution in [3.05, 3.63) is 46.1 Å². The molecule has 0 saturated heterocycles. The lowest BCUT2D eigenvalue weighted by molar-refractivity contribution is 0.290. The Morgan fingerprint density at radius 1 is 1.44 bits per heavy atom. The van der Waals surface area contributed by atoms with Crippen molar-refractivity contribution in [2.45, 2.75) is 20.1 Å². The van der Waals surface area contributed by atoms with Crippen molar-refractivity contribution in [2.24, 2.45) is 0 Å². The lowest BCUT2D eigenvalue weighted by atomic mass is 10.3. The summed E-state index contributed by atoms with van der Waals surface area (Å²) in [6, 6.07) is 8.00. The van der Waals surface area contributed by atoms with E-state index in [0.717, 1.165) is 18.1 Å². The van der Waals surface area contributed by atoms with E-state index in [9.17, 15) is 0 Å². The van der Waals surface area contributed by atoms with Gasteiger partial charge in [-0.3, -0.25) is 0 Å². The SMILES string of the molecule is CCn1ccnc1COc1cccc(I)c1. The number of aromatic nitrogens is 2. The van der Waals surface area contributed by atoms with Gasteiger partial charge >= 0.3 is 0 Å². The summed E-state index contributed by atoms with van der Waals surface area (Å²) in [6.07, 6.45) is 3.77. The first-order chi connectivity index (χ1) is 7.79. The molecule has 0 bridgehead atoms. The summed E-state index contributed by atoms with van der Waals surface area (Å²) in [7, 11) is 0. The molecule has 0 amide bonds. The highest BCUT2D eigenvalue weighted by molar-refractivity contribution is 14.1. The van der Waals surface area contributed by atoms with E-state index in [1.165, 1.54) is 3.57 Å². The van der Waals surface area contributed by atoms with E-state index in [2.05, 4.69) is 39.1 Å². The molecule has 0 radical (unpaired) electrons. The number of aryl methyl sites for hydroxylation is 1. The van der Waals surface area contributed by atoms with Crippen LogP contribution in [0.15, 0.2) is 36.7 Å². The van der Waals surface area contributed by atoms with Crippen molar-refractivity contribution < 1.29 is 4.74 Å². The lowest BCUT2D eigenvalue weighted by Crippen LogP contribution is -2.05. The van der Waals surface area contributed by atoms with Crippen molar-refractivity contribution in [3.8, 4) is 5.75 Å². The summed E-state index contributed by atoms with van der Waals surface area (Å²) in [6.45, 7) is 3.53. The van der Waals surface area contributed by atoms with Crippen LogP contribution in [0, 0.1) is 3.57 Å². The molecule has 0 aliphatic carbocycles. The van der Waals surface area contributed by atoms with Crippen LogP contribution in [0.1, 0.15) is 12.7 Å². The number of rotatable bonds is 4. The van der Waals surface area contributed by atoms with Crippen LogP contribution in [0.3, 0.4) is 0 Å². The van der Waals surface area contributed by atoms with Gasteiger partial charge in [-0.2, -0.15) is 0 Å². The molecular weight excluding hydrogens is 315 g/mol. The molecule has 1 aromatic heterocycles. The number of hydrogen-bond donors (Lipinski definition) is 0. The van der Waals surface area contributed by atoms with E-state index < -0.39 is 0 Å². The summed E-state index contributed by atoms with van der Waals surface area (Å²) in [5.74, 6) is 1.85. The van der Waals surface area contributed by atoms with Crippen LogP contribution in [0.25, 0.3) is 0 Å². The third-order valence-electron chi connectivity index (χ3n) is 2.31. The van der Waals surface area contributed by atoms with Crippen LogP contribution < -0.4 is 4.74 Å². The fourth-order valence-electron chi connectivity index (χ4n) is 1.47. The van der Waals surface area contributed by atoms with E-state index in [1.54, 1.807) is 6.20 Å². The Morgan fingerprint density at radius 2 is 2.31 bits per heavy atom. The highest BCUT2D eigenvalue weighted by atomic mass is 127. The zero-order chi connectivity index (χ0) is 11.4. The summed E-state index contributed by atoms with van der Waals surface area (Å²) < 4.78 is 8.94. The topological polar surface area (TPSA) is 27.1 Å². The van der Waals surface area contributed by atoms with Crippen LogP contribution in [-0.2, 0) is 13.2 Å². The highest BCUT2D eigenvalue weighted by Gasteiger charge is 2.02. The third kappa shape index (κ3) is 2.75. The lowest BCUT2D eigenvalue weighted by Gasteiger charge is -2.07. The molecule has 0 aliphatic rings. The molecular formula is C12H13IN2O. The normalized spacial score (nSPS) is 10.4. The number of halogens is 1. The van der Waals surface area contributed by atoms with Gasteiger partial charge in [-0.1, -0.05) is 6.07 Å². The number of nitrogens with zero attached hydrogens (tertiary/aromatic N) is 2. The molecule has 3 nitrogen and oxygen atoms in total. The van der Waals surface area contributed by atoms with E-state index in [4.69, 9.17) is 4.74 Å². The van der Waals surface area contributed by atoms with Crippen LogP contribution in [-0.4, -0.2) is 9.55 Å². The van der Waals surface area contributed by atoms with Gasteiger partial charge in [-0.25, -0.2) is 4.98 Å². The zero-order valence-electron chi connectivity index (χ0n) is 9.06. The van der Waals surface area contributed by atoms with Gasteiger partial charge in [0.25, 0.3) is 0 Å². The molecule has 16 heavy (non-hydrogen) atoms. The third-order valence-corrected chi connectivity index (χ3v) is 2.98. The second-order valence-electron chi connectivity index (χ2n) is 3.38. The summed E-state index contributed by atoms with van der Waals surface area (Å²) in [5.41, 5.74) is 0. The smallest absolute Gasteiger partial charge is 0.146 e. The second kappa shape index (κ2) is 5.34. The van der Waals surface area contributed by atoms with E-state index >= 15 is 0 Å². The van der Waals surface area contributed by atoms with E-state index in [1.807, 2.05) is 30.5 Å². The number of hydrogen-bond acceptors (Lipinski definition) is 2. The van der Waals surface area contributed by atoms with Crippen molar-refractivity contribution >= 4 is 22.6 Å². The number of benzene rings is 1. The number of imidazole rings is 1. The largest absolute Gasteiger partial charge is 0.486 e. The highest BCUT2D eigenvalue weighted by Crippen LogP contribution is 2.15. The Labute approximate surface area is 109 Å². The fraction of sp³-hybridized carbons (Fsp3) is 0.250. The molecule has 0 atom stereocenters. The predicted octanol–water partition coefficient (Wildman–Crippen LogP) is 3.09. The maximum Gasteiger partial charge on any atom is 0.146 e. The van der Waals surface area contributed by atoms with Crippen LogP contribution >= 0.6 is 22.6 Å².